The third-order valence-corrected chi connectivity index (χ3v) is 2.83. The standard InChI is InChI=1S/C12H13ClN2O3/c1-15(11(16)4-5-13)7-8-2-3-10-9(6-8)14-12(17)18-10/h2-3,6H,4-5,7H2,1H3,(H,14,17). The highest BCUT2D eigenvalue weighted by Gasteiger charge is 2.09. The number of oxazole rings is 1. The third kappa shape index (κ3) is 2.73. The molecule has 0 saturated heterocycles. The normalized spacial score (nSPS) is 10.8. The fourth-order valence-corrected chi connectivity index (χ4v) is 1.89. The molecular formula is C12H13ClN2O3. The average molecular weight is 269 g/mol. The Morgan fingerprint density at radius 3 is 3.00 bits per heavy atom. The van der Waals surface area contributed by atoms with Crippen LogP contribution in [0.25, 0.3) is 11.1 Å². The highest BCUT2D eigenvalue weighted by atomic mass is 35.5. The van der Waals surface area contributed by atoms with Gasteiger partial charge in [0, 0.05) is 25.9 Å². The molecule has 1 N–H and O–H groups in total. The number of carbonyl (C=O) groups excluding carboxylic acids is 1. The lowest BCUT2D eigenvalue weighted by molar-refractivity contribution is -0.129. The van der Waals surface area contributed by atoms with Crippen LogP contribution in [0.5, 0.6) is 0 Å². The molecule has 96 valence electrons. The Kier molecular flexibility index (Phi) is 3.72. The van der Waals surface area contributed by atoms with Gasteiger partial charge in [0.1, 0.15) is 0 Å². The summed E-state index contributed by atoms with van der Waals surface area (Å²) < 4.78 is 4.90. The van der Waals surface area contributed by atoms with Crippen molar-refractivity contribution in [3.63, 3.8) is 0 Å². The van der Waals surface area contributed by atoms with E-state index in [9.17, 15) is 9.59 Å². The second kappa shape index (κ2) is 5.27. The largest absolute Gasteiger partial charge is 0.417 e. The summed E-state index contributed by atoms with van der Waals surface area (Å²) in [6.45, 7) is 0.471. The van der Waals surface area contributed by atoms with Crippen LogP contribution in [-0.4, -0.2) is 28.7 Å². The van der Waals surface area contributed by atoms with E-state index in [0.717, 1.165) is 5.56 Å². The van der Waals surface area contributed by atoms with Gasteiger partial charge in [-0.05, 0) is 17.7 Å². The zero-order chi connectivity index (χ0) is 13.1. The van der Waals surface area contributed by atoms with Crippen molar-refractivity contribution in [3.05, 3.63) is 34.3 Å². The van der Waals surface area contributed by atoms with Gasteiger partial charge < -0.3 is 9.32 Å². The highest BCUT2D eigenvalue weighted by Crippen LogP contribution is 2.13. The van der Waals surface area contributed by atoms with Gasteiger partial charge in [0.25, 0.3) is 0 Å². The summed E-state index contributed by atoms with van der Waals surface area (Å²) in [6.07, 6.45) is 0.322. The van der Waals surface area contributed by atoms with Crippen LogP contribution in [0.15, 0.2) is 27.4 Å². The van der Waals surface area contributed by atoms with Crippen LogP contribution >= 0.6 is 11.6 Å². The minimum atomic E-state index is -0.478. The number of nitrogens with one attached hydrogen (secondary N) is 1. The van der Waals surface area contributed by atoms with Crippen LogP contribution in [0.4, 0.5) is 0 Å². The van der Waals surface area contributed by atoms with Crippen molar-refractivity contribution in [2.24, 2.45) is 0 Å². The summed E-state index contributed by atoms with van der Waals surface area (Å²) in [5.41, 5.74) is 2.07. The number of aromatic amines is 1. The van der Waals surface area contributed by atoms with E-state index in [1.165, 1.54) is 0 Å². The summed E-state index contributed by atoms with van der Waals surface area (Å²) in [6, 6.07) is 5.33. The van der Waals surface area contributed by atoms with Gasteiger partial charge in [-0.3, -0.25) is 9.78 Å². The average Bonchev–Trinajstić information content (AvgIpc) is 2.68. The van der Waals surface area contributed by atoms with E-state index in [-0.39, 0.29) is 5.91 Å². The summed E-state index contributed by atoms with van der Waals surface area (Å²) >= 11 is 5.52. The second-order valence-electron chi connectivity index (χ2n) is 4.03. The summed E-state index contributed by atoms with van der Waals surface area (Å²) in [4.78, 5) is 26.8. The number of rotatable bonds is 4. The van der Waals surface area contributed by atoms with Gasteiger partial charge in [0.05, 0.1) is 5.52 Å². The first kappa shape index (κ1) is 12.7. The fraction of sp³-hybridized carbons (Fsp3) is 0.333. The van der Waals surface area contributed by atoms with Crippen molar-refractivity contribution in [2.45, 2.75) is 13.0 Å². The summed E-state index contributed by atoms with van der Waals surface area (Å²) in [7, 11) is 1.72. The van der Waals surface area contributed by atoms with E-state index in [0.29, 0.717) is 29.9 Å². The Labute approximate surface area is 108 Å². The van der Waals surface area contributed by atoms with E-state index in [1.54, 1.807) is 24.1 Å². The molecular weight excluding hydrogens is 256 g/mol. The van der Waals surface area contributed by atoms with Gasteiger partial charge in [0.2, 0.25) is 5.91 Å². The molecule has 18 heavy (non-hydrogen) atoms. The van der Waals surface area contributed by atoms with Crippen LogP contribution in [-0.2, 0) is 11.3 Å². The lowest BCUT2D eigenvalue weighted by Crippen LogP contribution is -2.26. The van der Waals surface area contributed by atoms with Crippen molar-refractivity contribution in [1.82, 2.24) is 9.88 Å². The molecule has 2 aromatic rings. The Bertz CT molecular complexity index is 617. The lowest BCUT2D eigenvalue weighted by atomic mass is 10.2. The topological polar surface area (TPSA) is 66.3 Å². The summed E-state index contributed by atoms with van der Waals surface area (Å²) in [5.74, 6) is -0.170. The molecule has 0 aliphatic carbocycles. The first-order valence-electron chi connectivity index (χ1n) is 5.52. The molecule has 1 aromatic carbocycles. The zero-order valence-corrected chi connectivity index (χ0v) is 10.7. The van der Waals surface area contributed by atoms with Crippen LogP contribution in [0.3, 0.4) is 0 Å². The molecule has 0 bridgehead atoms. The van der Waals surface area contributed by atoms with Crippen LogP contribution < -0.4 is 5.76 Å². The number of benzene rings is 1. The number of nitrogens with zero attached hydrogens (tertiary/aromatic N) is 1. The SMILES string of the molecule is CN(Cc1ccc2oc(=O)[nH]c2c1)C(=O)CCCl. The molecule has 0 aliphatic heterocycles. The molecule has 0 spiro atoms. The quantitative estimate of drug-likeness (QED) is 0.859. The van der Waals surface area contributed by atoms with Gasteiger partial charge in [-0.15, -0.1) is 11.6 Å². The van der Waals surface area contributed by atoms with E-state index in [4.69, 9.17) is 16.0 Å². The smallest absolute Gasteiger partial charge is 0.408 e. The second-order valence-corrected chi connectivity index (χ2v) is 4.41. The Hall–Kier alpha value is -1.75. The molecule has 0 radical (unpaired) electrons. The number of hydrogen-bond donors (Lipinski definition) is 1. The van der Waals surface area contributed by atoms with Gasteiger partial charge in [0.15, 0.2) is 5.58 Å². The molecule has 1 amide bonds. The monoisotopic (exact) mass is 268 g/mol. The van der Waals surface area contributed by atoms with Gasteiger partial charge in [-0.1, -0.05) is 6.07 Å². The minimum Gasteiger partial charge on any atom is -0.408 e. The number of carbonyl (C=O) groups is 1. The van der Waals surface area contributed by atoms with Crippen molar-refractivity contribution < 1.29 is 9.21 Å². The predicted molar refractivity (Wildman–Crippen MR) is 68.6 cm³/mol. The molecule has 6 heteroatoms. The highest BCUT2D eigenvalue weighted by molar-refractivity contribution is 6.18. The fourth-order valence-electron chi connectivity index (χ4n) is 1.73. The molecule has 0 saturated carbocycles. The molecule has 5 nitrogen and oxygen atoms in total. The first-order chi connectivity index (χ1) is 8.60. The molecule has 0 atom stereocenters. The predicted octanol–water partition coefficient (Wildman–Crippen LogP) is 1.71. The van der Waals surface area contributed by atoms with Crippen molar-refractivity contribution in [3.8, 4) is 0 Å². The van der Waals surface area contributed by atoms with Gasteiger partial charge in [-0.25, -0.2) is 4.79 Å². The first-order valence-corrected chi connectivity index (χ1v) is 6.05. The molecule has 0 aliphatic rings. The van der Waals surface area contributed by atoms with Crippen molar-refractivity contribution in [2.75, 3.05) is 12.9 Å². The molecule has 1 heterocycles. The number of fused-ring (bicyclic) bond motifs is 1. The van der Waals surface area contributed by atoms with Gasteiger partial charge in [-0.2, -0.15) is 0 Å². The molecule has 1 aromatic heterocycles. The lowest BCUT2D eigenvalue weighted by Gasteiger charge is -2.16. The number of hydrogen-bond acceptors (Lipinski definition) is 3. The zero-order valence-electron chi connectivity index (χ0n) is 9.90. The van der Waals surface area contributed by atoms with Crippen LogP contribution in [0.2, 0.25) is 0 Å². The molecule has 0 fully saturated rings. The van der Waals surface area contributed by atoms with E-state index < -0.39 is 5.76 Å². The molecule has 2 rings (SSSR count). The maximum Gasteiger partial charge on any atom is 0.417 e. The van der Waals surface area contributed by atoms with E-state index >= 15 is 0 Å². The number of alkyl halides is 1. The van der Waals surface area contributed by atoms with E-state index in [2.05, 4.69) is 4.98 Å². The van der Waals surface area contributed by atoms with Crippen molar-refractivity contribution in [1.29, 1.82) is 0 Å². The minimum absolute atomic E-state index is 0.00853. The number of halogens is 1. The van der Waals surface area contributed by atoms with Crippen LogP contribution in [0, 0.1) is 0 Å². The Morgan fingerprint density at radius 1 is 1.50 bits per heavy atom. The van der Waals surface area contributed by atoms with Gasteiger partial charge >= 0.3 is 5.76 Å². The molecule has 0 unspecified atom stereocenters. The summed E-state index contributed by atoms with van der Waals surface area (Å²) in [5, 5.41) is 0. The Morgan fingerprint density at radius 2 is 2.28 bits per heavy atom. The number of amides is 1. The third-order valence-electron chi connectivity index (χ3n) is 2.64. The van der Waals surface area contributed by atoms with Crippen molar-refractivity contribution >= 4 is 28.6 Å². The van der Waals surface area contributed by atoms with Crippen LogP contribution in [0.1, 0.15) is 12.0 Å². The maximum absolute atomic E-state index is 11.6. The number of aromatic nitrogens is 1. The maximum atomic E-state index is 11.6. The number of H-pyrrole nitrogens is 1. The Balaban J connectivity index is 2.16. The van der Waals surface area contributed by atoms with E-state index in [1.807, 2.05) is 6.07 Å².